The number of carbonyl (C=O) groups excluding carboxylic acids is 1. The zero-order valence-corrected chi connectivity index (χ0v) is 15.6. The van der Waals surface area contributed by atoms with E-state index < -0.39 is 15.7 Å². The van der Waals surface area contributed by atoms with Gasteiger partial charge >= 0.3 is 0 Å². The van der Waals surface area contributed by atoms with E-state index in [0.29, 0.717) is 16.3 Å². The maximum Gasteiger partial charge on any atom is 0.258 e. The molecule has 0 aliphatic carbocycles. The van der Waals surface area contributed by atoms with Crippen LogP contribution in [-0.4, -0.2) is 30.9 Å². The quantitative estimate of drug-likeness (QED) is 0.701. The molecule has 3 aromatic rings. The van der Waals surface area contributed by atoms with Crippen molar-refractivity contribution in [1.29, 1.82) is 0 Å². The minimum Gasteiger partial charge on any atom is -0.302 e. The molecule has 0 saturated heterocycles. The molecule has 2 aromatic carbocycles. The summed E-state index contributed by atoms with van der Waals surface area (Å²) in [4.78, 5) is 12.5. The highest BCUT2D eigenvalue weighted by Crippen LogP contribution is 2.27. The van der Waals surface area contributed by atoms with E-state index in [0.717, 1.165) is 6.26 Å². The van der Waals surface area contributed by atoms with Crippen molar-refractivity contribution in [3.05, 3.63) is 58.1 Å². The highest BCUT2D eigenvalue weighted by molar-refractivity contribution is 7.90. The van der Waals surface area contributed by atoms with Crippen LogP contribution in [0.4, 0.5) is 5.82 Å². The van der Waals surface area contributed by atoms with Crippen molar-refractivity contribution in [2.75, 3.05) is 11.6 Å². The highest BCUT2D eigenvalue weighted by Gasteiger charge is 2.19. The molecule has 0 radical (unpaired) electrons. The number of anilines is 1. The van der Waals surface area contributed by atoms with Gasteiger partial charge in [-0.3, -0.25) is 4.79 Å². The minimum absolute atomic E-state index is 0.00470. The Kier molecular flexibility index (Phi) is 4.99. The first kappa shape index (κ1) is 18.4. The van der Waals surface area contributed by atoms with Crippen molar-refractivity contribution < 1.29 is 17.8 Å². The number of hydrogen-bond donors (Lipinski definition) is 1. The van der Waals surface area contributed by atoms with Gasteiger partial charge in [-0.2, -0.15) is 0 Å². The molecule has 0 spiro atoms. The predicted molar refractivity (Wildman–Crippen MR) is 97.3 cm³/mol. The van der Waals surface area contributed by atoms with Crippen molar-refractivity contribution in [1.82, 2.24) is 10.3 Å². The van der Waals surface area contributed by atoms with Crippen molar-refractivity contribution >= 4 is 44.8 Å². The molecule has 0 atom stereocenters. The Morgan fingerprint density at radius 2 is 1.77 bits per heavy atom. The van der Waals surface area contributed by atoms with Crippen LogP contribution in [0.1, 0.15) is 10.4 Å². The third kappa shape index (κ3) is 3.87. The third-order valence-corrected chi connectivity index (χ3v) is 5.13. The molecule has 1 heterocycles. The number of rotatable bonds is 4. The summed E-state index contributed by atoms with van der Waals surface area (Å²) in [5.41, 5.74) is 1.05. The molecule has 3 rings (SSSR count). The third-order valence-electron chi connectivity index (χ3n) is 3.45. The highest BCUT2D eigenvalue weighted by atomic mass is 35.5. The number of nitrogens with one attached hydrogen (secondary N) is 1. The van der Waals surface area contributed by atoms with Gasteiger partial charge in [-0.1, -0.05) is 35.3 Å². The molecule has 1 N–H and O–H groups in total. The van der Waals surface area contributed by atoms with E-state index in [9.17, 15) is 13.2 Å². The van der Waals surface area contributed by atoms with Gasteiger partial charge < -0.3 is 5.32 Å². The average molecular weight is 412 g/mol. The van der Waals surface area contributed by atoms with Gasteiger partial charge in [-0.05, 0) is 40.6 Å². The summed E-state index contributed by atoms with van der Waals surface area (Å²) in [6.07, 6.45) is 1.05. The Hall–Kier alpha value is -2.42. The fraction of sp³-hybridized carbons (Fsp3) is 0.0625. The number of nitrogens with zero attached hydrogens (tertiary/aromatic N) is 2. The van der Waals surface area contributed by atoms with Crippen molar-refractivity contribution in [2.45, 2.75) is 4.90 Å². The monoisotopic (exact) mass is 411 g/mol. The van der Waals surface area contributed by atoms with Gasteiger partial charge in [-0.25, -0.2) is 13.0 Å². The van der Waals surface area contributed by atoms with E-state index in [1.807, 2.05) is 0 Å². The summed E-state index contributed by atoms with van der Waals surface area (Å²) in [6.45, 7) is 0. The second-order valence-electron chi connectivity index (χ2n) is 5.34. The lowest BCUT2D eigenvalue weighted by Gasteiger charge is -2.07. The second-order valence-corrected chi connectivity index (χ2v) is 8.20. The van der Waals surface area contributed by atoms with E-state index in [2.05, 4.69) is 15.6 Å². The topological polar surface area (TPSA) is 102 Å². The minimum atomic E-state index is -3.43. The van der Waals surface area contributed by atoms with Crippen LogP contribution in [0.25, 0.3) is 11.3 Å². The summed E-state index contributed by atoms with van der Waals surface area (Å²) < 4.78 is 27.8. The van der Waals surface area contributed by atoms with Crippen molar-refractivity contribution in [3.8, 4) is 11.3 Å². The fourth-order valence-electron chi connectivity index (χ4n) is 2.15. The van der Waals surface area contributed by atoms with Gasteiger partial charge in [-0.15, -0.1) is 0 Å². The molecule has 0 saturated carbocycles. The lowest BCUT2D eigenvalue weighted by molar-refractivity contribution is 0.102. The first-order chi connectivity index (χ1) is 12.3. The van der Waals surface area contributed by atoms with Crippen LogP contribution in [-0.2, 0) is 9.84 Å². The van der Waals surface area contributed by atoms with Crippen molar-refractivity contribution in [3.63, 3.8) is 0 Å². The SMILES string of the molecule is CS(=O)(=O)c1ccc(C(=O)Nc2nonc2-c2ccc(Cl)cc2)c(Cl)c1. The smallest absolute Gasteiger partial charge is 0.258 e. The van der Waals surface area contributed by atoms with Crippen LogP contribution >= 0.6 is 23.2 Å². The van der Waals surface area contributed by atoms with Crippen LogP contribution in [0.15, 0.2) is 52.0 Å². The maximum atomic E-state index is 12.5. The lowest BCUT2D eigenvalue weighted by Crippen LogP contribution is -2.14. The summed E-state index contributed by atoms with van der Waals surface area (Å²) in [5, 5.41) is 10.5. The van der Waals surface area contributed by atoms with Crippen LogP contribution in [0.3, 0.4) is 0 Å². The maximum absolute atomic E-state index is 12.5. The molecule has 26 heavy (non-hydrogen) atoms. The molecule has 0 unspecified atom stereocenters. The molecule has 134 valence electrons. The Morgan fingerprint density at radius 1 is 1.08 bits per heavy atom. The molecule has 0 fully saturated rings. The average Bonchev–Trinajstić information content (AvgIpc) is 3.02. The first-order valence-corrected chi connectivity index (χ1v) is 9.80. The molecular weight excluding hydrogens is 401 g/mol. The Morgan fingerprint density at radius 3 is 2.38 bits per heavy atom. The van der Waals surface area contributed by atoms with Crippen LogP contribution in [0.5, 0.6) is 0 Å². The number of amides is 1. The van der Waals surface area contributed by atoms with E-state index in [1.165, 1.54) is 18.2 Å². The Labute approximate surface area is 158 Å². The largest absolute Gasteiger partial charge is 0.302 e. The number of sulfone groups is 1. The van der Waals surface area contributed by atoms with E-state index in [-0.39, 0.29) is 21.3 Å². The van der Waals surface area contributed by atoms with E-state index in [4.69, 9.17) is 27.8 Å². The lowest BCUT2D eigenvalue weighted by atomic mass is 10.1. The number of hydrogen-bond acceptors (Lipinski definition) is 6. The van der Waals surface area contributed by atoms with E-state index in [1.54, 1.807) is 24.3 Å². The Bertz CT molecular complexity index is 1080. The summed E-state index contributed by atoms with van der Waals surface area (Å²) in [7, 11) is -3.43. The normalized spacial score (nSPS) is 11.3. The molecule has 0 bridgehead atoms. The number of carbonyl (C=O) groups is 1. The number of benzene rings is 2. The van der Waals surface area contributed by atoms with E-state index >= 15 is 0 Å². The van der Waals surface area contributed by atoms with Gasteiger partial charge in [0.15, 0.2) is 15.5 Å². The standard InChI is InChI=1S/C16H11Cl2N3O4S/c1-26(23,24)11-6-7-12(13(18)8-11)16(22)19-15-14(20-25-21-15)9-2-4-10(17)5-3-9/h2-8H,1H3,(H,19,21,22). The second kappa shape index (κ2) is 7.06. The van der Waals surface area contributed by atoms with Crippen molar-refractivity contribution in [2.24, 2.45) is 0 Å². The van der Waals surface area contributed by atoms with Gasteiger partial charge in [0, 0.05) is 16.8 Å². The molecule has 0 aliphatic heterocycles. The first-order valence-electron chi connectivity index (χ1n) is 7.15. The number of halogens is 2. The van der Waals surface area contributed by atoms with Gasteiger partial charge in [0.1, 0.15) is 0 Å². The zero-order chi connectivity index (χ0) is 18.9. The predicted octanol–water partition coefficient (Wildman–Crippen LogP) is 3.70. The molecule has 1 aromatic heterocycles. The molecule has 1 amide bonds. The van der Waals surface area contributed by atoms with Gasteiger partial charge in [0.05, 0.1) is 15.5 Å². The zero-order valence-electron chi connectivity index (χ0n) is 13.2. The summed E-state index contributed by atoms with van der Waals surface area (Å²) in [6, 6.07) is 10.6. The van der Waals surface area contributed by atoms with Crippen LogP contribution in [0.2, 0.25) is 10.0 Å². The molecule has 7 nitrogen and oxygen atoms in total. The summed E-state index contributed by atoms with van der Waals surface area (Å²) in [5.74, 6) is -0.485. The summed E-state index contributed by atoms with van der Waals surface area (Å²) >= 11 is 11.9. The fourth-order valence-corrected chi connectivity index (χ4v) is 3.26. The number of aromatic nitrogens is 2. The van der Waals surface area contributed by atoms with Gasteiger partial charge in [0.2, 0.25) is 5.82 Å². The molecule has 10 heteroatoms. The van der Waals surface area contributed by atoms with Gasteiger partial charge in [0.25, 0.3) is 5.91 Å². The van der Waals surface area contributed by atoms with Crippen LogP contribution in [0, 0.1) is 0 Å². The molecular formula is C16H11Cl2N3O4S. The Balaban J connectivity index is 1.88. The van der Waals surface area contributed by atoms with Crippen LogP contribution < -0.4 is 5.32 Å². The molecule has 0 aliphatic rings.